The summed E-state index contributed by atoms with van der Waals surface area (Å²) in [6.45, 7) is 2.05. The van der Waals surface area contributed by atoms with Gasteiger partial charge in [0.2, 0.25) is 5.91 Å². The molecule has 1 aromatic heterocycles. The van der Waals surface area contributed by atoms with Gasteiger partial charge < -0.3 is 30.0 Å². The summed E-state index contributed by atoms with van der Waals surface area (Å²) in [5.74, 6) is 9.67. The van der Waals surface area contributed by atoms with Gasteiger partial charge in [-0.15, -0.1) is 0 Å². The van der Waals surface area contributed by atoms with E-state index in [1.165, 1.54) is 19.8 Å². The molecule has 11 heteroatoms. The zero-order valence-corrected chi connectivity index (χ0v) is 25.3. The first-order valence-corrected chi connectivity index (χ1v) is 14.9. The van der Waals surface area contributed by atoms with Gasteiger partial charge in [0.15, 0.2) is 0 Å². The summed E-state index contributed by atoms with van der Waals surface area (Å²) in [5, 5.41) is 9.97. The molecule has 1 saturated carbocycles. The number of hydrogen-bond donors (Lipinski definition) is 5. The second-order valence-electron chi connectivity index (χ2n) is 11.1. The molecule has 0 saturated heterocycles. The number of nitrogens with one attached hydrogen (secondary N) is 4. The van der Waals surface area contributed by atoms with Gasteiger partial charge in [-0.1, -0.05) is 25.0 Å². The number of fused-ring (bicyclic) bond motifs is 2. The van der Waals surface area contributed by atoms with Crippen LogP contribution in [0.4, 0.5) is 11.5 Å². The number of nitrogens with zero attached hydrogens (tertiary/aromatic N) is 2. The highest BCUT2D eigenvalue weighted by atomic mass is 16.5. The van der Waals surface area contributed by atoms with Crippen molar-refractivity contribution in [2.24, 2.45) is 11.8 Å². The lowest BCUT2D eigenvalue weighted by Crippen LogP contribution is -2.37. The number of aromatic nitrogens is 1. The van der Waals surface area contributed by atoms with Crippen molar-refractivity contribution in [3.05, 3.63) is 101 Å². The van der Waals surface area contributed by atoms with E-state index in [2.05, 4.69) is 62.2 Å². The number of carbonyl (C=O) groups is 1. The minimum atomic E-state index is -0.100. The number of allylic oxidation sites excluding steroid dienone is 2. The van der Waals surface area contributed by atoms with Crippen LogP contribution in [0.2, 0.25) is 0 Å². The average Bonchev–Trinajstić information content (AvgIpc) is 3.80. The third-order valence-electron chi connectivity index (χ3n) is 8.36. The van der Waals surface area contributed by atoms with Crippen LogP contribution in [-0.2, 0) is 11.3 Å². The molecule has 0 bridgehead atoms. The molecule has 1 radical (unpaired) electrons. The number of hydrazine groups is 1. The Bertz CT molecular complexity index is 1680. The van der Waals surface area contributed by atoms with Crippen molar-refractivity contribution in [1.29, 1.82) is 0 Å². The van der Waals surface area contributed by atoms with Crippen molar-refractivity contribution >= 4 is 36.4 Å². The summed E-state index contributed by atoms with van der Waals surface area (Å²) in [6, 6.07) is 17.9. The summed E-state index contributed by atoms with van der Waals surface area (Å²) in [6.07, 6.45) is 10.9. The smallest absolute Gasteiger partial charge is 0.497 e. The molecule has 6 N–H and O–H groups in total. The van der Waals surface area contributed by atoms with Crippen LogP contribution in [0.5, 0.6) is 11.5 Å². The van der Waals surface area contributed by atoms with Gasteiger partial charge in [-0.05, 0) is 66.9 Å². The van der Waals surface area contributed by atoms with Crippen LogP contribution < -0.4 is 36.7 Å². The highest BCUT2D eigenvalue weighted by Crippen LogP contribution is 2.36. The van der Waals surface area contributed by atoms with Gasteiger partial charge >= 0.3 is 7.55 Å². The van der Waals surface area contributed by atoms with Crippen molar-refractivity contribution in [2.75, 3.05) is 24.9 Å². The standard InChI is InChI=1S/C33H38BN7O3/c1-21(42)38-25-10-8-23(9-11-25)33-28-13-16-31(36-19-24-18-26(43-2)12-15-30(24)44-3)40(28)34-41-29(33)14-17-32(41)37-20-27(39-35)22-6-4-5-7-22/h8-18,20,22,36-37,39H,4-7,19,35H2,1-3H3,(H,38,42)/q+1. The quantitative estimate of drug-likeness (QED) is 0.136. The fraction of sp³-hybridized carbons (Fsp3) is 0.273. The largest absolute Gasteiger partial charge is 0.553 e. The van der Waals surface area contributed by atoms with E-state index in [0.717, 1.165) is 75.5 Å². The maximum absolute atomic E-state index is 11.6. The van der Waals surface area contributed by atoms with Crippen LogP contribution >= 0.6 is 0 Å². The summed E-state index contributed by atoms with van der Waals surface area (Å²) >= 11 is 0. The Morgan fingerprint density at radius 1 is 1.07 bits per heavy atom. The number of anilines is 2. The molecule has 2 aliphatic heterocycles. The Morgan fingerprint density at radius 3 is 2.57 bits per heavy atom. The number of methoxy groups -OCH3 is 2. The normalized spacial score (nSPS) is 16.0. The molecule has 3 aliphatic rings. The van der Waals surface area contributed by atoms with Gasteiger partial charge in [0.1, 0.15) is 29.6 Å². The Labute approximate surface area is 258 Å². The SMILES string of the molecule is COc1ccc(OC)c(CNC2=[N+]3[B]n4c(NC=C(NN)C5CCCC5)ccc4C(c4ccc(NC(C)=O)cc4)=C3C=C2)c1. The van der Waals surface area contributed by atoms with Crippen molar-refractivity contribution < 1.29 is 18.8 Å². The lowest BCUT2D eigenvalue weighted by Gasteiger charge is -2.22. The van der Waals surface area contributed by atoms with E-state index in [1.807, 2.05) is 48.7 Å². The van der Waals surface area contributed by atoms with Crippen molar-refractivity contribution in [3.8, 4) is 11.5 Å². The van der Waals surface area contributed by atoms with Crippen molar-refractivity contribution in [2.45, 2.75) is 39.2 Å². The molecular formula is C33H38BN7O3+. The first kappa shape index (κ1) is 29.2. The third kappa shape index (κ3) is 5.83. The molecule has 3 aromatic rings. The van der Waals surface area contributed by atoms with Gasteiger partial charge in [-0.25, -0.2) is 0 Å². The maximum Gasteiger partial charge on any atom is 0.553 e. The van der Waals surface area contributed by atoms with E-state index in [0.29, 0.717) is 12.5 Å². The molecule has 44 heavy (non-hydrogen) atoms. The van der Waals surface area contributed by atoms with E-state index in [9.17, 15) is 4.79 Å². The molecule has 3 heterocycles. The van der Waals surface area contributed by atoms with Gasteiger partial charge in [0.05, 0.1) is 14.2 Å². The van der Waals surface area contributed by atoms with Gasteiger partial charge in [0, 0.05) is 53.3 Å². The van der Waals surface area contributed by atoms with Crippen molar-refractivity contribution in [1.82, 2.24) is 15.2 Å². The fourth-order valence-electron chi connectivity index (χ4n) is 6.15. The summed E-state index contributed by atoms with van der Waals surface area (Å²) in [7, 11) is 5.42. The second kappa shape index (κ2) is 12.8. The molecule has 1 amide bonds. The number of nitrogens with two attached hydrogens (primary N) is 1. The predicted octanol–water partition coefficient (Wildman–Crippen LogP) is 4.30. The zero-order chi connectivity index (χ0) is 30.6. The topological polar surface area (TPSA) is 118 Å². The molecule has 0 spiro atoms. The van der Waals surface area contributed by atoms with E-state index < -0.39 is 0 Å². The predicted molar refractivity (Wildman–Crippen MR) is 174 cm³/mol. The van der Waals surface area contributed by atoms with Crippen LogP contribution in [0.15, 0.2) is 84.3 Å². The van der Waals surface area contributed by atoms with Gasteiger partial charge in [-0.3, -0.25) is 20.4 Å². The zero-order valence-electron chi connectivity index (χ0n) is 25.3. The van der Waals surface area contributed by atoms with E-state index >= 15 is 0 Å². The van der Waals surface area contributed by atoms with Crippen LogP contribution in [0.3, 0.4) is 0 Å². The average molecular weight is 592 g/mol. The molecule has 6 rings (SSSR count). The van der Waals surface area contributed by atoms with Gasteiger partial charge in [-0.2, -0.15) is 0 Å². The van der Waals surface area contributed by atoms with Crippen molar-refractivity contribution in [3.63, 3.8) is 0 Å². The highest BCUT2D eigenvalue weighted by molar-refractivity contribution is 6.30. The molecule has 0 unspecified atom stereocenters. The summed E-state index contributed by atoms with van der Waals surface area (Å²) < 4.78 is 15.4. The first-order chi connectivity index (χ1) is 21.5. The number of benzene rings is 2. The lowest BCUT2D eigenvalue weighted by molar-refractivity contribution is -0.315. The second-order valence-corrected chi connectivity index (χ2v) is 11.1. The summed E-state index contributed by atoms with van der Waals surface area (Å²) in [5.41, 5.74) is 9.86. The minimum absolute atomic E-state index is 0.100. The number of rotatable bonds is 10. The number of ether oxygens (including phenoxy) is 2. The van der Waals surface area contributed by atoms with Crippen LogP contribution in [-0.4, -0.2) is 42.5 Å². The highest BCUT2D eigenvalue weighted by Gasteiger charge is 2.34. The Balaban J connectivity index is 1.37. The van der Waals surface area contributed by atoms with Crippen LogP contribution in [0.25, 0.3) is 5.57 Å². The molecule has 0 atom stereocenters. The first-order valence-electron chi connectivity index (χ1n) is 14.9. The minimum Gasteiger partial charge on any atom is -0.497 e. The van der Waals surface area contributed by atoms with E-state index in [-0.39, 0.29) is 5.91 Å². The maximum atomic E-state index is 11.6. The van der Waals surface area contributed by atoms with E-state index in [4.69, 9.17) is 15.3 Å². The van der Waals surface area contributed by atoms with E-state index in [1.54, 1.807) is 14.2 Å². The van der Waals surface area contributed by atoms with Crippen LogP contribution in [0, 0.1) is 5.92 Å². The Morgan fingerprint density at radius 2 is 1.86 bits per heavy atom. The van der Waals surface area contributed by atoms with Gasteiger partial charge in [0.25, 0.3) is 5.84 Å². The molecule has 10 nitrogen and oxygen atoms in total. The number of hydrogen-bond acceptors (Lipinski definition) is 7. The lowest BCUT2D eigenvalue weighted by atomic mass is 9.92. The fourth-order valence-corrected chi connectivity index (χ4v) is 6.15. The Hall–Kier alpha value is -4.90. The number of amidine groups is 1. The summed E-state index contributed by atoms with van der Waals surface area (Å²) in [4.78, 5) is 11.6. The van der Waals surface area contributed by atoms with Crippen LogP contribution in [0.1, 0.15) is 49.4 Å². The molecule has 1 aliphatic carbocycles. The monoisotopic (exact) mass is 591 g/mol. The molecular weight excluding hydrogens is 553 g/mol. The molecule has 225 valence electrons. The molecule has 2 aromatic carbocycles. The third-order valence-corrected chi connectivity index (χ3v) is 8.36. The number of amides is 1. The molecule has 1 fully saturated rings. The number of carbonyl (C=O) groups excluding carboxylic acids is 1. The Kier molecular flexibility index (Phi) is 8.47.